The molecule has 19 nitrogen and oxygen atoms in total. The Kier molecular flexibility index (Phi) is 29.6. The summed E-state index contributed by atoms with van der Waals surface area (Å²) in [5, 5.41) is 70.9. The van der Waals surface area contributed by atoms with Gasteiger partial charge in [-0.15, -0.1) is 0 Å². The average Bonchev–Trinajstić information content (AvgIpc) is 3.26. The van der Waals surface area contributed by atoms with Crippen molar-refractivity contribution in [3.63, 3.8) is 0 Å². The van der Waals surface area contributed by atoms with Gasteiger partial charge in [0.05, 0.1) is 31.5 Å². The number of ether oxygens (including phenoxy) is 5. The Morgan fingerprint density at radius 1 is 0.540 bits per heavy atom. The van der Waals surface area contributed by atoms with Crippen molar-refractivity contribution in [2.45, 2.75) is 192 Å². The first-order valence-corrected chi connectivity index (χ1v) is 23.4. The maximum absolute atomic E-state index is 13.2. The van der Waals surface area contributed by atoms with Crippen LogP contribution in [0.3, 0.4) is 0 Å². The van der Waals surface area contributed by atoms with Gasteiger partial charge in [-0.2, -0.15) is 0 Å². The Morgan fingerprint density at radius 3 is 1.48 bits per heavy atom. The fraction of sp³-hybridized carbons (Fsp3) is 0.909. The lowest BCUT2D eigenvalue weighted by atomic mass is 9.92. The van der Waals surface area contributed by atoms with E-state index < -0.39 is 80.3 Å². The Morgan fingerprint density at radius 2 is 0.984 bits per heavy atom. The maximum atomic E-state index is 13.2. The van der Waals surface area contributed by atoms with Gasteiger partial charge in [-0.3, -0.25) is 19.2 Å². The number of unbranched alkanes of at least 4 members (excludes halogenated alkanes) is 7. The van der Waals surface area contributed by atoms with Crippen LogP contribution in [0.2, 0.25) is 0 Å². The molecule has 0 aromatic rings. The maximum Gasteiger partial charge on any atom is 0.242 e. The van der Waals surface area contributed by atoms with E-state index >= 15 is 0 Å². The summed E-state index contributed by atoms with van der Waals surface area (Å²) in [6, 6.07) is -0.750. The predicted octanol–water partition coefficient (Wildman–Crippen LogP) is 0.670. The molecule has 2 fully saturated rings. The molecule has 11 atom stereocenters. The molecule has 63 heavy (non-hydrogen) atoms. The van der Waals surface area contributed by atoms with Crippen LogP contribution in [0.15, 0.2) is 0 Å². The highest BCUT2D eigenvalue weighted by Gasteiger charge is 2.43. The van der Waals surface area contributed by atoms with Gasteiger partial charge in [-0.05, 0) is 78.1 Å². The van der Waals surface area contributed by atoms with E-state index in [1.54, 1.807) is 13.8 Å². The number of aliphatic hydroxyl groups excluding tert-OH is 6. The van der Waals surface area contributed by atoms with Crippen LogP contribution in [0.1, 0.15) is 130 Å². The fourth-order valence-corrected chi connectivity index (χ4v) is 7.30. The van der Waals surface area contributed by atoms with Gasteiger partial charge in [-0.1, -0.05) is 33.1 Å². The highest BCUT2D eigenvalue weighted by atomic mass is 16.7. The normalized spacial score (nSPS) is 26.6. The first-order valence-electron chi connectivity index (χ1n) is 23.4. The van der Waals surface area contributed by atoms with Gasteiger partial charge in [-0.25, -0.2) is 0 Å². The van der Waals surface area contributed by atoms with Crippen LogP contribution in [-0.4, -0.2) is 168 Å². The van der Waals surface area contributed by atoms with Gasteiger partial charge < -0.3 is 75.6 Å². The molecule has 2 aliphatic rings. The van der Waals surface area contributed by atoms with Crippen LogP contribution >= 0.6 is 0 Å². The van der Waals surface area contributed by atoms with Crippen LogP contribution in [0.25, 0.3) is 0 Å². The van der Waals surface area contributed by atoms with E-state index in [9.17, 15) is 49.8 Å². The van der Waals surface area contributed by atoms with E-state index in [1.807, 2.05) is 13.8 Å². The second-order valence-electron chi connectivity index (χ2n) is 17.2. The molecule has 11 unspecified atom stereocenters. The van der Waals surface area contributed by atoms with Crippen molar-refractivity contribution in [3.05, 3.63) is 0 Å². The zero-order valence-corrected chi connectivity index (χ0v) is 38.3. The number of nitrogens with one attached hydrogen (secondary N) is 4. The molecule has 0 aromatic carbocycles. The lowest BCUT2D eigenvalue weighted by Crippen LogP contribution is -2.55. The molecule has 0 aliphatic carbocycles. The number of aliphatic hydroxyl groups is 6. The van der Waals surface area contributed by atoms with E-state index in [1.165, 1.54) is 0 Å². The Balaban J connectivity index is 1.70. The van der Waals surface area contributed by atoms with Crippen LogP contribution in [0.5, 0.6) is 0 Å². The van der Waals surface area contributed by atoms with Crippen molar-refractivity contribution in [2.24, 2.45) is 11.8 Å². The molecule has 2 saturated heterocycles. The van der Waals surface area contributed by atoms with E-state index in [0.29, 0.717) is 117 Å². The molecule has 10 N–H and O–H groups in total. The van der Waals surface area contributed by atoms with Crippen LogP contribution in [0, 0.1) is 11.8 Å². The van der Waals surface area contributed by atoms with Crippen molar-refractivity contribution in [3.8, 4) is 0 Å². The largest absolute Gasteiger partial charge is 0.394 e. The lowest BCUT2D eigenvalue weighted by molar-refractivity contribution is -0.282. The van der Waals surface area contributed by atoms with Crippen molar-refractivity contribution in [2.75, 3.05) is 52.7 Å². The zero-order valence-electron chi connectivity index (χ0n) is 38.3. The molecule has 2 heterocycles. The number of amides is 4. The minimum absolute atomic E-state index is 0.00895. The third kappa shape index (κ3) is 23.0. The topological polar surface area (TPSA) is 284 Å². The molecule has 2 aliphatic heterocycles. The highest BCUT2D eigenvalue weighted by molar-refractivity contribution is 5.87. The average molecular weight is 907 g/mol. The molecule has 0 aromatic heterocycles. The summed E-state index contributed by atoms with van der Waals surface area (Å²) in [7, 11) is 0. The fourth-order valence-electron chi connectivity index (χ4n) is 7.30. The number of carbonyl (C=O) groups is 4. The summed E-state index contributed by atoms with van der Waals surface area (Å²) in [6.45, 7) is 9.11. The molecule has 0 radical (unpaired) electrons. The van der Waals surface area contributed by atoms with Crippen molar-refractivity contribution >= 4 is 23.6 Å². The molecule has 2 rings (SSSR count). The molecule has 19 heteroatoms. The van der Waals surface area contributed by atoms with Crippen LogP contribution in [-0.2, 0) is 42.9 Å². The smallest absolute Gasteiger partial charge is 0.242 e. The van der Waals surface area contributed by atoms with E-state index in [-0.39, 0.29) is 36.2 Å². The third-order valence-electron chi connectivity index (χ3n) is 11.4. The first-order chi connectivity index (χ1) is 30.2. The first kappa shape index (κ1) is 56.6. The summed E-state index contributed by atoms with van der Waals surface area (Å²) >= 11 is 0. The second-order valence-corrected chi connectivity index (χ2v) is 17.2. The monoisotopic (exact) mass is 907 g/mol. The summed E-state index contributed by atoms with van der Waals surface area (Å²) in [6.07, 6.45) is 1.55. The number of hydrogen-bond acceptors (Lipinski definition) is 15. The van der Waals surface area contributed by atoms with Crippen molar-refractivity contribution in [1.82, 2.24) is 21.3 Å². The SMILES string of the molecule is CC(C)OCCCNC(=O)CCCCCNC(=O)C(CCCCNC(=O)CCCCCOC1OC(CO)C(O)C(O)C1C)NC(=O)CCCCCOC1OC(CO)C(O)C(O)C1C. The zero-order chi connectivity index (χ0) is 46.6. The van der Waals surface area contributed by atoms with Crippen LogP contribution < -0.4 is 21.3 Å². The number of carbonyl (C=O) groups excluding carboxylic acids is 4. The highest BCUT2D eigenvalue weighted by Crippen LogP contribution is 2.28. The van der Waals surface area contributed by atoms with Gasteiger partial charge in [0.25, 0.3) is 0 Å². The van der Waals surface area contributed by atoms with Crippen LogP contribution in [0.4, 0.5) is 0 Å². The molecule has 368 valence electrons. The summed E-state index contributed by atoms with van der Waals surface area (Å²) in [4.78, 5) is 50.8. The minimum Gasteiger partial charge on any atom is -0.394 e. The lowest BCUT2D eigenvalue weighted by Gasteiger charge is -2.40. The molecule has 4 amide bonds. The van der Waals surface area contributed by atoms with Gasteiger partial charge >= 0.3 is 0 Å². The summed E-state index contributed by atoms with van der Waals surface area (Å²) in [5.74, 6) is -1.59. The predicted molar refractivity (Wildman–Crippen MR) is 232 cm³/mol. The molecule has 0 saturated carbocycles. The minimum atomic E-state index is -1.20. The Labute approximate surface area is 374 Å². The number of hydrogen-bond donors (Lipinski definition) is 10. The molecule has 0 spiro atoms. The summed E-state index contributed by atoms with van der Waals surface area (Å²) < 4.78 is 28.1. The Bertz CT molecular complexity index is 1260. The van der Waals surface area contributed by atoms with E-state index in [2.05, 4.69) is 21.3 Å². The van der Waals surface area contributed by atoms with Gasteiger partial charge in [0.1, 0.15) is 30.5 Å². The van der Waals surface area contributed by atoms with E-state index in [0.717, 1.165) is 19.3 Å². The van der Waals surface area contributed by atoms with Crippen molar-refractivity contribution < 1.29 is 73.5 Å². The standard InChI is InChI=1S/C44H82N4O15/c1-29(2)59-26-16-23-46-36(52)18-8-5-12-22-47-42(58)32(48-37(53)20-10-7-15-25-61-44-31(4)39(55)41(57)34(28-50)63-44)17-11-13-21-45-35(51)19-9-6-14-24-60-43-30(3)38(54)40(56)33(27-49)62-43/h29-34,38-41,43-44,49-50,54-57H,5-28H2,1-4H3,(H,45,51)(H,46,52)(H,47,58)(H,48,53). The van der Waals surface area contributed by atoms with Crippen molar-refractivity contribution in [1.29, 1.82) is 0 Å². The molecule has 0 bridgehead atoms. The van der Waals surface area contributed by atoms with Gasteiger partial charge in [0.2, 0.25) is 23.6 Å². The number of rotatable bonds is 34. The third-order valence-corrected chi connectivity index (χ3v) is 11.4. The second kappa shape index (κ2) is 33.0. The molecular formula is C44H82N4O15. The van der Waals surface area contributed by atoms with Gasteiger partial charge in [0, 0.05) is 70.6 Å². The Hall–Kier alpha value is -2.56. The quantitative estimate of drug-likeness (QED) is 0.0398. The molecular weight excluding hydrogens is 824 g/mol. The summed E-state index contributed by atoms with van der Waals surface area (Å²) in [5.41, 5.74) is 0. The van der Waals surface area contributed by atoms with E-state index in [4.69, 9.17) is 23.7 Å². The van der Waals surface area contributed by atoms with Gasteiger partial charge in [0.15, 0.2) is 12.6 Å².